The van der Waals surface area contributed by atoms with Crippen LogP contribution in [0.15, 0.2) is 53.7 Å². The maximum absolute atomic E-state index is 12.3. The first-order valence-corrected chi connectivity index (χ1v) is 10.4. The summed E-state index contributed by atoms with van der Waals surface area (Å²) in [7, 11) is 0. The molecule has 3 N–H and O–H groups in total. The SMILES string of the molecule is CCSc1nsc(NC(=O)Nc2ccc(C(=O)Nc3ccc(Cl)cc3)cc2)n1. The van der Waals surface area contributed by atoms with Gasteiger partial charge in [-0.15, -0.1) is 0 Å². The lowest BCUT2D eigenvalue weighted by Gasteiger charge is -2.08. The minimum Gasteiger partial charge on any atom is -0.322 e. The summed E-state index contributed by atoms with van der Waals surface area (Å²) < 4.78 is 4.14. The summed E-state index contributed by atoms with van der Waals surface area (Å²) in [6.45, 7) is 2.00. The molecule has 2 aromatic carbocycles. The van der Waals surface area contributed by atoms with E-state index >= 15 is 0 Å². The second-order valence-corrected chi connectivity index (χ2v) is 7.85. The zero-order valence-electron chi connectivity index (χ0n) is 14.7. The molecule has 0 aliphatic heterocycles. The lowest BCUT2D eigenvalue weighted by molar-refractivity contribution is 0.102. The molecule has 0 aliphatic rings. The van der Waals surface area contributed by atoms with E-state index in [4.69, 9.17) is 11.6 Å². The van der Waals surface area contributed by atoms with Gasteiger partial charge < -0.3 is 10.6 Å². The number of benzene rings is 2. The van der Waals surface area contributed by atoms with Crippen molar-refractivity contribution in [3.63, 3.8) is 0 Å². The molecular formula is C18H16ClN5O2S2. The monoisotopic (exact) mass is 433 g/mol. The Balaban J connectivity index is 1.55. The number of carbonyl (C=O) groups excluding carboxylic acids is 2. The van der Waals surface area contributed by atoms with E-state index in [2.05, 4.69) is 25.3 Å². The fraction of sp³-hybridized carbons (Fsp3) is 0.111. The highest BCUT2D eigenvalue weighted by Crippen LogP contribution is 2.20. The fourth-order valence-corrected chi connectivity index (χ4v) is 3.54. The fourth-order valence-electron chi connectivity index (χ4n) is 2.15. The first-order valence-electron chi connectivity index (χ1n) is 8.25. The van der Waals surface area contributed by atoms with Crippen LogP contribution in [-0.4, -0.2) is 27.0 Å². The van der Waals surface area contributed by atoms with Crippen molar-refractivity contribution in [1.29, 1.82) is 0 Å². The van der Waals surface area contributed by atoms with Crippen molar-refractivity contribution in [1.82, 2.24) is 9.36 Å². The number of nitrogens with one attached hydrogen (secondary N) is 3. The van der Waals surface area contributed by atoms with Gasteiger partial charge in [0.25, 0.3) is 5.91 Å². The number of thioether (sulfide) groups is 1. The van der Waals surface area contributed by atoms with Crippen molar-refractivity contribution in [2.75, 3.05) is 21.7 Å². The van der Waals surface area contributed by atoms with E-state index in [0.29, 0.717) is 32.2 Å². The van der Waals surface area contributed by atoms with Crippen LogP contribution in [0.5, 0.6) is 0 Å². The average Bonchev–Trinajstić information content (AvgIpc) is 3.11. The standard InChI is InChI=1S/C18H16ClN5O2S2/c1-2-27-18-23-17(28-24-18)22-16(26)21-14-7-3-11(4-8-14)15(25)20-13-9-5-12(19)6-10-13/h3-10H,2H2,1H3,(H,20,25)(H2,21,22,23,24,26). The van der Waals surface area contributed by atoms with E-state index in [9.17, 15) is 9.59 Å². The van der Waals surface area contributed by atoms with Gasteiger partial charge in [0, 0.05) is 33.5 Å². The van der Waals surface area contributed by atoms with Gasteiger partial charge in [0.05, 0.1) is 0 Å². The van der Waals surface area contributed by atoms with Crippen LogP contribution in [0.25, 0.3) is 0 Å². The Hall–Kier alpha value is -2.62. The summed E-state index contributed by atoms with van der Waals surface area (Å²) >= 11 is 8.46. The lowest BCUT2D eigenvalue weighted by Crippen LogP contribution is -2.19. The molecule has 28 heavy (non-hydrogen) atoms. The summed E-state index contributed by atoms with van der Waals surface area (Å²) in [6, 6.07) is 13.0. The van der Waals surface area contributed by atoms with Gasteiger partial charge in [-0.05, 0) is 54.3 Å². The lowest BCUT2D eigenvalue weighted by atomic mass is 10.2. The number of rotatable bonds is 6. The number of aromatic nitrogens is 2. The Morgan fingerprint density at radius 2 is 1.64 bits per heavy atom. The van der Waals surface area contributed by atoms with Gasteiger partial charge in [0.1, 0.15) is 0 Å². The van der Waals surface area contributed by atoms with E-state index in [1.807, 2.05) is 6.92 Å². The third kappa shape index (κ3) is 5.69. The molecule has 1 aromatic heterocycles. The third-order valence-corrected chi connectivity index (χ3v) is 5.14. The van der Waals surface area contributed by atoms with Crippen LogP contribution >= 0.6 is 34.9 Å². The Morgan fingerprint density at radius 3 is 2.32 bits per heavy atom. The van der Waals surface area contributed by atoms with Gasteiger partial charge >= 0.3 is 6.03 Å². The Bertz CT molecular complexity index is 961. The number of hydrogen-bond donors (Lipinski definition) is 3. The van der Waals surface area contributed by atoms with Crippen molar-refractivity contribution in [2.45, 2.75) is 12.1 Å². The highest BCUT2D eigenvalue weighted by molar-refractivity contribution is 7.99. The summed E-state index contributed by atoms with van der Waals surface area (Å²) in [6.07, 6.45) is 0. The number of carbonyl (C=O) groups is 2. The predicted octanol–water partition coefficient (Wildman–Crippen LogP) is 5.20. The van der Waals surface area contributed by atoms with Crippen molar-refractivity contribution in [3.8, 4) is 0 Å². The minimum absolute atomic E-state index is 0.256. The quantitative estimate of drug-likeness (QED) is 0.464. The maximum atomic E-state index is 12.3. The molecule has 144 valence electrons. The summed E-state index contributed by atoms with van der Waals surface area (Å²) in [5.41, 5.74) is 1.66. The number of anilines is 3. The van der Waals surface area contributed by atoms with Crippen LogP contribution in [0.2, 0.25) is 5.02 Å². The van der Waals surface area contributed by atoms with E-state index < -0.39 is 6.03 Å². The summed E-state index contributed by atoms with van der Waals surface area (Å²) in [5.74, 6) is 0.605. The molecule has 0 spiro atoms. The molecule has 0 saturated heterocycles. The van der Waals surface area contributed by atoms with Gasteiger partial charge in [-0.3, -0.25) is 10.1 Å². The number of nitrogens with zero attached hydrogens (tertiary/aromatic N) is 2. The molecule has 3 amide bonds. The van der Waals surface area contributed by atoms with Crippen LogP contribution in [0, 0.1) is 0 Å². The molecule has 0 fully saturated rings. The number of urea groups is 1. The van der Waals surface area contributed by atoms with Crippen molar-refractivity contribution in [3.05, 3.63) is 59.1 Å². The molecule has 0 aliphatic carbocycles. The van der Waals surface area contributed by atoms with Crippen molar-refractivity contribution in [2.24, 2.45) is 0 Å². The van der Waals surface area contributed by atoms with E-state index in [1.165, 1.54) is 11.8 Å². The van der Waals surface area contributed by atoms with Crippen LogP contribution in [0.1, 0.15) is 17.3 Å². The second-order valence-electron chi connectivity index (χ2n) is 5.43. The Kier molecular flexibility index (Phi) is 6.85. The first-order chi connectivity index (χ1) is 13.5. The van der Waals surface area contributed by atoms with Gasteiger partial charge in [0.15, 0.2) is 0 Å². The molecular weight excluding hydrogens is 418 g/mol. The third-order valence-electron chi connectivity index (χ3n) is 3.41. The summed E-state index contributed by atoms with van der Waals surface area (Å²) in [5, 5.41) is 9.76. The number of halogens is 1. The zero-order valence-corrected chi connectivity index (χ0v) is 17.1. The molecule has 0 unspecified atom stereocenters. The molecule has 3 rings (SSSR count). The number of amides is 3. The van der Waals surface area contributed by atoms with Gasteiger partial charge in [-0.1, -0.05) is 30.3 Å². The summed E-state index contributed by atoms with van der Waals surface area (Å²) in [4.78, 5) is 28.5. The Morgan fingerprint density at radius 1 is 1.00 bits per heavy atom. The predicted molar refractivity (Wildman–Crippen MR) is 115 cm³/mol. The number of hydrogen-bond acceptors (Lipinski definition) is 6. The Labute approximate surface area is 175 Å². The maximum Gasteiger partial charge on any atom is 0.325 e. The first kappa shape index (κ1) is 20.1. The minimum atomic E-state index is -0.428. The van der Waals surface area contributed by atoms with Crippen LogP contribution in [-0.2, 0) is 0 Å². The second kappa shape index (κ2) is 9.54. The topological polar surface area (TPSA) is 96.0 Å². The molecule has 0 atom stereocenters. The van der Waals surface area contributed by atoms with Crippen LogP contribution in [0.3, 0.4) is 0 Å². The van der Waals surface area contributed by atoms with Gasteiger partial charge in [0.2, 0.25) is 10.3 Å². The van der Waals surface area contributed by atoms with Gasteiger partial charge in [-0.2, -0.15) is 9.36 Å². The molecule has 0 radical (unpaired) electrons. The smallest absolute Gasteiger partial charge is 0.322 e. The molecule has 10 heteroatoms. The highest BCUT2D eigenvalue weighted by atomic mass is 35.5. The molecule has 0 bridgehead atoms. The highest BCUT2D eigenvalue weighted by Gasteiger charge is 2.10. The van der Waals surface area contributed by atoms with E-state index in [1.54, 1.807) is 48.5 Å². The largest absolute Gasteiger partial charge is 0.325 e. The van der Waals surface area contributed by atoms with Crippen molar-refractivity contribution >= 4 is 63.3 Å². The molecule has 1 heterocycles. The van der Waals surface area contributed by atoms with E-state index in [-0.39, 0.29) is 5.91 Å². The average molecular weight is 434 g/mol. The zero-order chi connectivity index (χ0) is 19.9. The molecule has 7 nitrogen and oxygen atoms in total. The normalized spacial score (nSPS) is 10.4. The van der Waals surface area contributed by atoms with Crippen molar-refractivity contribution < 1.29 is 9.59 Å². The van der Waals surface area contributed by atoms with Crippen LogP contribution in [0.4, 0.5) is 21.3 Å². The van der Waals surface area contributed by atoms with Gasteiger partial charge in [-0.25, -0.2) is 4.79 Å². The molecule has 3 aromatic rings. The van der Waals surface area contributed by atoms with E-state index in [0.717, 1.165) is 17.3 Å². The van der Waals surface area contributed by atoms with Crippen LogP contribution < -0.4 is 16.0 Å². The molecule has 0 saturated carbocycles.